The Morgan fingerprint density at radius 1 is 1.36 bits per heavy atom. The van der Waals surface area contributed by atoms with Crippen molar-refractivity contribution in [3.63, 3.8) is 0 Å². The predicted octanol–water partition coefficient (Wildman–Crippen LogP) is 1.50. The molecule has 148 valence electrons. The van der Waals surface area contributed by atoms with Crippen LogP contribution in [-0.2, 0) is 16.1 Å². The van der Waals surface area contributed by atoms with E-state index in [2.05, 4.69) is 15.8 Å². The Labute approximate surface area is 162 Å². The topological polar surface area (TPSA) is 106 Å². The van der Waals surface area contributed by atoms with Gasteiger partial charge in [0.05, 0.1) is 13.7 Å². The number of ether oxygens (including phenoxy) is 2. The number of carbonyl (C=O) groups excluding carboxylic acids is 2. The molecule has 1 aromatic heterocycles. The van der Waals surface area contributed by atoms with Crippen LogP contribution in [0.4, 0.5) is 4.79 Å². The Hall–Kier alpha value is -3.07. The lowest BCUT2D eigenvalue weighted by Crippen LogP contribution is -2.54. The molecule has 0 radical (unpaired) electrons. The summed E-state index contributed by atoms with van der Waals surface area (Å²) in [6.45, 7) is 1.34. The van der Waals surface area contributed by atoms with Gasteiger partial charge in [-0.15, -0.1) is 0 Å². The predicted molar refractivity (Wildman–Crippen MR) is 98.4 cm³/mol. The highest BCUT2D eigenvalue weighted by Gasteiger charge is 2.42. The van der Waals surface area contributed by atoms with E-state index in [0.717, 1.165) is 5.56 Å². The number of hydrogen-bond acceptors (Lipinski definition) is 6. The van der Waals surface area contributed by atoms with Gasteiger partial charge in [-0.25, -0.2) is 4.79 Å². The van der Waals surface area contributed by atoms with Gasteiger partial charge >= 0.3 is 6.03 Å². The summed E-state index contributed by atoms with van der Waals surface area (Å²) in [5.74, 6) is 1.15. The SMILES string of the molecule is COc1ccccc1-c1cc(CNC(=O)N2CCC3(CC2)NC(=O)CO3)on1. The number of amides is 3. The van der Waals surface area contributed by atoms with Crippen molar-refractivity contribution in [2.45, 2.75) is 25.1 Å². The van der Waals surface area contributed by atoms with Gasteiger partial charge in [0, 0.05) is 37.6 Å². The van der Waals surface area contributed by atoms with E-state index in [4.69, 9.17) is 14.0 Å². The number of hydrogen-bond donors (Lipinski definition) is 2. The molecule has 3 heterocycles. The average molecular weight is 386 g/mol. The van der Waals surface area contributed by atoms with Crippen LogP contribution in [0.1, 0.15) is 18.6 Å². The molecule has 3 amide bonds. The summed E-state index contributed by atoms with van der Waals surface area (Å²) < 4.78 is 16.2. The number of benzene rings is 1. The Bertz CT molecular complexity index is 873. The molecule has 0 atom stereocenters. The fraction of sp³-hybridized carbons (Fsp3) is 0.421. The minimum atomic E-state index is -0.609. The molecule has 0 unspecified atom stereocenters. The van der Waals surface area contributed by atoms with Crippen LogP contribution in [0.3, 0.4) is 0 Å². The molecule has 2 N–H and O–H groups in total. The highest BCUT2D eigenvalue weighted by molar-refractivity contribution is 5.80. The molecule has 4 rings (SSSR count). The number of para-hydroxylation sites is 1. The molecule has 0 bridgehead atoms. The zero-order valence-electron chi connectivity index (χ0n) is 15.6. The lowest BCUT2D eigenvalue weighted by Gasteiger charge is -2.37. The second-order valence-electron chi connectivity index (χ2n) is 6.86. The van der Waals surface area contributed by atoms with Crippen molar-refractivity contribution in [3.8, 4) is 17.0 Å². The molecule has 2 aliphatic heterocycles. The lowest BCUT2D eigenvalue weighted by atomic mass is 10.0. The fourth-order valence-corrected chi connectivity index (χ4v) is 3.52. The van der Waals surface area contributed by atoms with E-state index in [0.29, 0.717) is 43.1 Å². The zero-order chi connectivity index (χ0) is 19.6. The molecule has 1 aromatic carbocycles. The van der Waals surface area contributed by atoms with Gasteiger partial charge in [-0.2, -0.15) is 0 Å². The summed E-state index contributed by atoms with van der Waals surface area (Å²) in [7, 11) is 1.60. The number of carbonyl (C=O) groups is 2. The van der Waals surface area contributed by atoms with Crippen LogP contribution < -0.4 is 15.4 Å². The van der Waals surface area contributed by atoms with Crippen LogP contribution in [0.2, 0.25) is 0 Å². The maximum Gasteiger partial charge on any atom is 0.317 e. The molecule has 9 heteroatoms. The molecule has 2 aliphatic rings. The van der Waals surface area contributed by atoms with Gasteiger partial charge in [-0.3, -0.25) is 4.79 Å². The highest BCUT2D eigenvalue weighted by Crippen LogP contribution is 2.29. The number of piperidine rings is 1. The van der Waals surface area contributed by atoms with E-state index in [9.17, 15) is 9.59 Å². The molecule has 1 spiro atoms. The molecule has 2 saturated heterocycles. The minimum Gasteiger partial charge on any atom is -0.496 e. The largest absolute Gasteiger partial charge is 0.496 e. The lowest BCUT2D eigenvalue weighted by molar-refractivity contribution is -0.119. The van der Waals surface area contributed by atoms with Crippen molar-refractivity contribution in [1.29, 1.82) is 0 Å². The second-order valence-corrected chi connectivity index (χ2v) is 6.86. The van der Waals surface area contributed by atoms with Crippen molar-refractivity contribution in [3.05, 3.63) is 36.1 Å². The number of nitrogens with zero attached hydrogens (tertiary/aromatic N) is 2. The number of nitrogens with one attached hydrogen (secondary N) is 2. The van der Waals surface area contributed by atoms with Gasteiger partial charge in [-0.05, 0) is 12.1 Å². The van der Waals surface area contributed by atoms with Gasteiger partial charge in [0.25, 0.3) is 0 Å². The summed E-state index contributed by atoms with van der Waals surface area (Å²) in [5.41, 5.74) is 0.865. The fourth-order valence-electron chi connectivity index (χ4n) is 3.52. The molecular weight excluding hydrogens is 364 g/mol. The van der Waals surface area contributed by atoms with Crippen LogP contribution in [0, 0.1) is 0 Å². The molecule has 28 heavy (non-hydrogen) atoms. The standard InChI is InChI=1S/C19H22N4O5/c1-26-16-5-3-2-4-14(16)15-10-13(28-22-15)11-20-18(25)23-8-6-19(7-9-23)21-17(24)12-27-19/h2-5,10H,6-9,11-12H2,1H3,(H,20,25)(H,21,24). The van der Waals surface area contributed by atoms with Crippen molar-refractivity contribution in [2.24, 2.45) is 0 Å². The maximum absolute atomic E-state index is 12.4. The number of urea groups is 1. The summed E-state index contributed by atoms with van der Waals surface area (Å²) in [5, 5.41) is 9.77. The first-order valence-corrected chi connectivity index (χ1v) is 9.15. The van der Waals surface area contributed by atoms with E-state index < -0.39 is 5.72 Å². The third-order valence-corrected chi connectivity index (χ3v) is 5.06. The van der Waals surface area contributed by atoms with Crippen LogP contribution in [0.5, 0.6) is 5.75 Å². The first kappa shape index (κ1) is 18.3. The van der Waals surface area contributed by atoms with Crippen molar-refractivity contribution in [2.75, 3.05) is 26.8 Å². The highest BCUT2D eigenvalue weighted by atomic mass is 16.5. The summed E-state index contributed by atoms with van der Waals surface area (Å²) in [4.78, 5) is 25.5. The van der Waals surface area contributed by atoms with E-state index in [-0.39, 0.29) is 25.1 Å². The third-order valence-electron chi connectivity index (χ3n) is 5.06. The molecule has 2 fully saturated rings. The Kier molecular flexibility index (Phi) is 4.91. The van der Waals surface area contributed by atoms with E-state index in [1.54, 1.807) is 18.1 Å². The van der Waals surface area contributed by atoms with Crippen LogP contribution >= 0.6 is 0 Å². The van der Waals surface area contributed by atoms with Crippen LogP contribution in [0.25, 0.3) is 11.3 Å². The van der Waals surface area contributed by atoms with Crippen molar-refractivity contribution < 1.29 is 23.6 Å². The summed E-state index contributed by atoms with van der Waals surface area (Å²) in [6.07, 6.45) is 1.15. The van der Waals surface area contributed by atoms with Gasteiger partial charge < -0.3 is 29.5 Å². The minimum absolute atomic E-state index is 0.0895. The van der Waals surface area contributed by atoms with Gasteiger partial charge in [-0.1, -0.05) is 17.3 Å². The summed E-state index contributed by atoms with van der Waals surface area (Å²) in [6, 6.07) is 9.12. The Morgan fingerprint density at radius 2 is 2.14 bits per heavy atom. The first-order valence-electron chi connectivity index (χ1n) is 9.15. The normalized spacial score (nSPS) is 18.2. The third kappa shape index (κ3) is 3.65. The molecule has 2 aromatic rings. The average Bonchev–Trinajstić information content (AvgIpc) is 3.33. The zero-order valence-corrected chi connectivity index (χ0v) is 15.6. The number of methoxy groups -OCH3 is 1. The molecule has 9 nitrogen and oxygen atoms in total. The summed E-state index contributed by atoms with van der Waals surface area (Å²) >= 11 is 0. The Morgan fingerprint density at radius 3 is 2.86 bits per heavy atom. The molecular formula is C19H22N4O5. The Balaban J connectivity index is 1.31. The van der Waals surface area contributed by atoms with Crippen LogP contribution in [-0.4, -0.2) is 54.5 Å². The van der Waals surface area contributed by atoms with E-state index in [1.807, 2.05) is 24.3 Å². The number of aromatic nitrogens is 1. The van der Waals surface area contributed by atoms with Gasteiger partial charge in [0.15, 0.2) is 5.76 Å². The number of rotatable bonds is 4. The van der Waals surface area contributed by atoms with E-state index >= 15 is 0 Å². The van der Waals surface area contributed by atoms with Gasteiger partial charge in [0.2, 0.25) is 5.91 Å². The quantitative estimate of drug-likeness (QED) is 0.825. The van der Waals surface area contributed by atoms with Crippen molar-refractivity contribution >= 4 is 11.9 Å². The van der Waals surface area contributed by atoms with Crippen LogP contribution in [0.15, 0.2) is 34.9 Å². The maximum atomic E-state index is 12.4. The molecule has 0 saturated carbocycles. The number of likely N-dealkylation sites (tertiary alicyclic amines) is 1. The second kappa shape index (κ2) is 7.51. The van der Waals surface area contributed by atoms with Crippen molar-refractivity contribution in [1.82, 2.24) is 20.7 Å². The molecule has 0 aliphatic carbocycles. The monoisotopic (exact) mass is 386 g/mol. The van der Waals surface area contributed by atoms with E-state index in [1.165, 1.54) is 0 Å². The smallest absolute Gasteiger partial charge is 0.317 e. The first-order chi connectivity index (χ1) is 13.6. The van der Waals surface area contributed by atoms with Gasteiger partial charge in [0.1, 0.15) is 23.8 Å².